The van der Waals surface area contributed by atoms with Crippen LogP contribution in [0, 0.1) is 6.92 Å². The van der Waals surface area contributed by atoms with Gasteiger partial charge in [0.15, 0.2) is 0 Å². The van der Waals surface area contributed by atoms with Gasteiger partial charge in [0.05, 0.1) is 12.7 Å². The Morgan fingerprint density at radius 3 is 2.34 bits per heavy atom. The van der Waals surface area contributed by atoms with E-state index in [4.69, 9.17) is 9.47 Å². The number of carbonyl (C=O) groups excluding carboxylic acids is 1. The molecule has 0 saturated heterocycles. The molecule has 0 aliphatic heterocycles. The third-order valence-corrected chi connectivity index (χ3v) is 4.82. The second kappa shape index (κ2) is 9.90. The van der Waals surface area contributed by atoms with Crippen LogP contribution < -0.4 is 4.74 Å². The summed E-state index contributed by atoms with van der Waals surface area (Å²) in [6.45, 7) is 9.97. The van der Waals surface area contributed by atoms with E-state index >= 15 is 0 Å². The van der Waals surface area contributed by atoms with Gasteiger partial charge in [0.25, 0.3) is 0 Å². The van der Waals surface area contributed by atoms with E-state index in [0.29, 0.717) is 18.7 Å². The molecule has 2 rings (SSSR count). The summed E-state index contributed by atoms with van der Waals surface area (Å²) in [6, 6.07) is 13.5. The molecular weight excluding hydrogens is 366 g/mol. The van der Waals surface area contributed by atoms with E-state index in [9.17, 15) is 9.90 Å². The van der Waals surface area contributed by atoms with Crippen LogP contribution in [-0.2, 0) is 16.7 Å². The molecule has 0 aromatic heterocycles. The molecule has 0 unspecified atom stereocenters. The molecule has 29 heavy (non-hydrogen) atoms. The van der Waals surface area contributed by atoms with Crippen molar-refractivity contribution in [3.63, 3.8) is 0 Å². The normalized spacial score (nSPS) is 12.7. The summed E-state index contributed by atoms with van der Waals surface area (Å²) < 4.78 is 10.6. The number of carbonyl (C=O) groups is 1. The zero-order chi connectivity index (χ0) is 21.6. The van der Waals surface area contributed by atoms with E-state index in [0.717, 1.165) is 16.9 Å². The first-order valence-corrected chi connectivity index (χ1v) is 9.88. The molecule has 0 aliphatic rings. The fourth-order valence-electron chi connectivity index (χ4n) is 3.12. The van der Waals surface area contributed by atoms with Gasteiger partial charge in [0, 0.05) is 13.1 Å². The molecule has 1 N–H and O–H groups in total. The van der Waals surface area contributed by atoms with E-state index in [2.05, 4.69) is 32.9 Å². The molecule has 1 atom stereocenters. The minimum Gasteiger partial charge on any atom is -0.491 e. The molecule has 5 nitrogen and oxygen atoms in total. The highest BCUT2D eigenvalue weighted by Gasteiger charge is 2.16. The Balaban J connectivity index is 1.84. The van der Waals surface area contributed by atoms with Crippen LogP contribution in [0.3, 0.4) is 0 Å². The fraction of sp³-hybridized carbons (Fsp3) is 0.458. The van der Waals surface area contributed by atoms with Crippen LogP contribution >= 0.6 is 0 Å². The van der Waals surface area contributed by atoms with Crippen LogP contribution in [0.2, 0.25) is 0 Å². The maximum atomic E-state index is 11.5. The Morgan fingerprint density at radius 2 is 1.79 bits per heavy atom. The molecule has 0 aliphatic carbocycles. The number of hydrogen-bond acceptors (Lipinski definition) is 5. The topological polar surface area (TPSA) is 59.0 Å². The molecular formula is C24H33NO4. The summed E-state index contributed by atoms with van der Waals surface area (Å²) in [5.41, 5.74) is 4.02. The van der Waals surface area contributed by atoms with Crippen LogP contribution in [0.25, 0.3) is 0 Å². The minimum absolute atomic E-state index is 0.0978. The number of nitrogens with zero attached hydrogens (tertiary/aromatic N) is 1. The van der Waals surface area contributed by atoms with Crippen molar-refractivity contribution >= 4 is 5.97 Å². The van der Waals surface area contributed by atoms with E-state index in [-0.39, 0.29) is 18.0 Å². The third-order valence-electron chi connectivity index (χ3n) is 4.82. The first-order chi connectivity index (χ1) is 13.6. The van der Waals surface area contributed by atoms with Gasteiger partial charge < -0.3 is 14.6 Å². The molecule has 0 radical (unpaired) electrons. The summed E-state index contributed by atoms with van der Waals surface area (Å²) >= 11 is 0. The lowest BCUT2D eigenvalue weighted by molar-refractivity contribution is 0.0600. The van der Waals surface area contributed by atoms with Crippen molar-refractivity contribution in [1.82, 2.24) is 4.90 Å². The van der Waals surface area contributed by atoms with Gasteiger partial charge in [-0.15, -0.1) is 0 Å². The van der Waals surface area contributed by atoms with E-state index in [1.165, 1.54) is 12.7 Å². The van der Waals surface area contributed by atoms with Crippen molar-refractivity contribution in [2.75, 3.05) is 27.3 Å². The highest BCUT2D eigenvalue weighted by molar-refractivity contribution is 5.89. The highest BCUT2D eigenvalue weighted by Crippen LogP contribution is 2.27. The van der Waals surface area contributed by atoms with E-state index < -0.39 is 6.10 Å². The van der Waals surface area contributed by atoms with Gasteiger partial charge in [-0.3, -0.25) is 4.90 Å². The number of aryl methyl sites for hydroxylation is 1. The Bertz CT molecular complexity index is 809. The largest absolute Gasteiger partial charge is 0.491 e. The summed E-state index contributed by atoms with van der Waals surface area (Å²) in [5, 5.41) is 10.4. The first kappa shape index (κ1) is 22.9. The van der Waals surface area contributed by atoms with Crippen LogP contribution in [0.1, 0.15) is 47.8 Å². The van der Waals surface area contributed by atoms with Crippen molar-refractivity contribution in [3.05, 3.63) is 64.7 Å². The smallest absolute Gasteiger partial charge is 0.337 e. The number of methoxy groups -OCH3 is 1. The molecule has 0 spiro atoms. The standard InChI is InChI=1S/C24H33NO4/c1-17-13-20(24(2,3)4)11-12-22(17)29-16-21(26)15-25(5)14-18-7-9-19(10-8-18)23(27)28-6/h7-13,21,26H,14-16H2,1-6H3/t21-/m1/s1. The SMILES string of the molecule is COC(=O)c1ccc(CN(C)C[C@@H](O)COc2ccc(C(C)(C)C)cc2C)cc1. The maximum Gasteiger partial charge on any atom is 0.337 e. The lowest BCUT2D eigenvalue weighted by Gasteiger charge is -2.23. The predicted octanol–water partition coefficient (Wildman–Crippen LogP) is 3.95. The van der Waals surface area contributed by atoms with Gasteiger partial charge in [-0.2, -0.15) is 0 Å². The van der Waals surface area contributed by atoms with Crippen LogP contribution in [0.5, 0.6) is 5.75 Å². The molecule has 2 aromatic rings. The Hall–Kier alpha value is -2.37. The molecule has 0 bridgehead atoms. The molecule has 2 aromatic carbocycles. The number of aliphatic hydroxyl groups excluding tert-OH is 1. The van der Waals surface area contributed by atoms with Crippen molar-refractivity contribution in [1.29, 1.82) is 0 Å². The average Bonchev–Trinajstić information content (AvgIpc) is 2.66. The minimum atomic E-state index is -0.601. The van der Waals surface area contributed by atoms with Gasteiger partial charge in [-0.05, 0) is 54.3 Å². The van der Waals surface area contributed by atoms with Gasteiger partial charge >= 0.3 is 5.97 Å². The molecule has 0 saturated carbocycles. The number of ether oxygens (including phenoxy) is 2. The maximum absolute atomic E-state index is 11.5. The summed E-state index contributed by atoms with van der Waals surface area (Å²) in [4.78, 5) is 13.5. The fourth-order valence-corrected chi connectivity index (χ4v) is 3.12. The highest BCUT2D eigenvalue weighted by atomic mass is 16.5. The van der Waals surface area contributed by atoms with Crippen molar-refractivity contribution in [3.8, 4) is 5.75 Å². The zero-order valence-electron chi connectivity index (χ0n) is 18.4. The lowest BCUT2D eigenvalue weighted by atomic mass is 9.86. The monoisotopic (exact) mass is 399 g/mol. The van der Waals surface area contributed by atoms with Crippen molar-refractivity contribution in [2.24, 2.45) is 0 Å². The summed E-state index contributed by atoms with van der Waals surface area (Å²) in [7, 11) is 3.31. The molecule has 158 valence electrons. The summed E-state index contributed by atoms with van der Waals surface area (Å²) in [6.07, 6.45) is -0.601. The number of rotatable bonds is 8. The Morgan fingerprint density at radius 1 is 1.14 bits per heavy atom. The van der Waals surface area contributed by atoms with Crippen molar-refractivity contribution < 1.29 is 19.4 Å². The van der Waals surface area contributed by atoms with Gasteiger partial charge in [-0.1, -0.05) is 45.0 Å². The summed E-state index contributed by atoms with van der Waals surface area (Å²) in [5.74, 6) is 0.460. The van der Waals surface area contributed by atoms with E-state index in [1.807, 2.05) is 37.1 Å². The Labute approximate surface area is 174 Å². The zero-order valence-corrected chi connectivity index (χ0v) is 18.4. The molecule has 0 fully saturated rings. The van der Waals surface area contributed by atoms with Gasteiger partial charge in [0.1, 0.15) is 18.5 Å². The quantitative estimate of drug-likeness (QED) is 0.681. The number of aliphatic hydroxyl groups is 1. The predicted molar refractivity (Wildman–Crippen MR) is 115 cm³/mol. The number of likely N-dealkylation sites (N-methyl/N-ethyl adjacent to an activating group) is 1. The molecule has 5 heteroatoms. The van der Waals surface area contributed by atoms with Crippen LogP contribution in [-0.4, -0.2) is 49.4 Å². The second-order valence-electron chi connectivity index (χ2n) is 8.58. The Kier molecular flexibility index (Phi) is 7.82. The van der Waals surface area contributed by atoms with Crippen molar-refractivity contribution in [2.45, 2.75) is 45.8 Å². The lowest BCUT2D eigenvalue weighted by Crippen LogP contribution is -2.32. The number of hydrogen-bond donors (Lipinski definition) is 1. The average molecular weight is 400 g/mol. The van der Waals surface area contributed by atoms with Crippen LogP contribution in [0.4, 0.5) is 0 Å². The van der Waals surface area contributed by atoms with Gasteiger partial charge in [0.2, 0.25) is 0 Å². The third kappa shape index (κ3) is 6.87. The second-order valence-corrected chi connectivity index (χ2v) is 8.58. The molecule has 0 amide bonds. The number of benzene rings is 2. The van der Waals surface area contributed by atoms with Gasteiger partial charge in [-0.25, -0.2) is 4.79 Å². The van der Waals surface area contributed by atoms with E-state index in [1.54, 1.807) is 12.1 Å². The van der Waals surface area contributed by atoms with Crippen LogP contribution in [0.15, 0.2) is 42.5 Å². The molecule has 0 heterocycles. The first-order valence-electron chi connectivity index (χ1n) is 9.88. The number of esters is 1.